The van der Waals surface area contributed by atoms with Crippen molar-refractivity contribution in [3.05, 3.63) is 18.0 Å². The van der Waals surface area contributed by atoms with Gasteiger partial charge in [0.05, 0.1) is 4.90 Å². The van der Waals surface area contributed by atoms with Crippen molar-refractivity contribution >= 4 is 10.0 Å². The molecule has 1 heterocycles. The second kappa shape index (κ2) is 8.41. The molecule has 0 bridgehead atoms. The fourth-order valence-corrected chi connectivity index (χ4v) is 3.07. The molecule has 0 unspecified atom stereocenters. The largest absolute Gasteiger partial charge is 0.363 e. The Morgan fingerprint density at radius 2 is 2.05 bits per heavy atom. The summed E-state index contributed by atoms with van der Waals surface area (Å²) in [6.07, 6.45) is 2.60. The van der Waals surface area contributed by atoms with Gasteiger partial charge in [0.2, 0.25) is 10.0 Å². The van der Waals surface area contributed by atoms with Gasteiger partial charge in [-0.25, -0.2) is 13.1 Å². The third-order valence-electron chi connectivity index (χ3n) is 3.10. The molecule has 0 atom stereocenters. The standard InChI is InChI=1S/C13H26N4O2S/c1-4-7-17(5-2)8-6-16-20(18,19)13-9-12(10-14-3)15-11-13/h9,11,14-16H,4-8,10H2,1-3H3. The number of nitrogens with one attached hydrogen (secondary N) is 3. The number of H-pyrrole nitrogens is 1. The highest BCUT2D eigenvalue weighted by Crippen LogP contribution is 2.10. The van der Waals surface area contributed by atoms with Crippen LogP contribution in [-0.2, 0) is 16.6 Å². The summed E-state index contributed by atoms with van der Waals surface area (Å²) in [5, 5.41) is 2.98. The van der Waals surface area contributed by atoms with Crippen LogP contribution in [0.15, 0.2) is 17.2 Å². The zero-order valence-corrected chi connectivity index (χ0v) is 13.4. The highest BCUT2D eigenvalue weighted by atomic mass is 32.2. The van der Waals surface area contributed by atoms with Gasteiger partial charge in [-0.15, -0.1) is 0 Å². The van der Waals surface area contributed by atoms with Crippen molar-refractivity contribution < 1.29 is 8.42 Å². The Morgan fingerprint density at radius 1 is 1.30 bits per heavy atom. The van der Waals surface area contributed by atoms with Crippen LogP contribution in [0.1, 0.15) is 26.0 Å². The fraction of sp³-hybridized carbons (Fsp3) is 0.692. The summed E-state index contributed by atoms with van der Waals surface area (Å²) >= 11 is 0. The number of aromatic amines is 1. The predicted molar refractivity (Wildman–Crippen MR) is 81.1 cm³/mol. The molecule has 0 saturated carbocycles. The van der Waals surface area contributed by atoms with Crippen molar-refractivity contribution in [1.29, 1.82) is 0 Å². The molecule has 0 saturated heterocycles. The third-order valence-corrected chi connectivity index (χ3v) is 4.54. The summed E-state index contributed by atoms with van der Waals surface area (Å²) in [6.45, 7) is 7.92. The van der Waals surface area contributed by atoms with Gasteiger partial charge in [0.1, 0.15) is 0 Å². The Hall–Kier alpha value is -0.890. The van der Waals surface area contributed by atoms with E-state index in [-0.39, 0.29) is 0 Å². The highest BCUT2D eigenvalue weighted by Gasteiger charge is 2.15. The normalized spacial score (nSPS) is 12.2. The van der Waals surface area contributed by atoms with Crippen LogP contribution < -0.4 is 10.0 Å². The smallest absolute Gasteiger partial charge is 0.242 e. The molecule has 0 aliphatic carbocycles. The molecule has 1 aromatic rings. The van der Waals surface area contributed by atoms with Crippen LogP contribution in [0.2, 0.25) is 0 Å². The lowest BCUT2D eigenvalue weighted by Crippen LogP contribution is -2.35. The van der Waals surface area contributed by atoms with E-state index < -0.39 is 10.0 Å². The first-order chi connectivity index (χ1) is 9.53. The molecule has 0 aliphatic rings. The summed E-state index contributed by atoms with van der Waals surface area (Å²) in [5.74, 6) is 0. The lowest BCUT2D eigenvalue weighted by molar-refractivity contribution is 0.293. The molecule has 7 heteroatoms. The van der Waals surface area contributed by atoms with E-state index in [9.17, 15) is 8.42 Å². The van der Waals surface area contributed by atoms with Crippen LogP contribution in [0.4, 0.5) is 0 Å². The Kier molecular flexibility index (Phi) is 7.22. The topological polar surface area (TPSA) is 77.2 Å². The molecule has 116 valence electrons. The number of sulfonamides is 1. The number of nitrogens with zero attached hydrogens (tertiary/aromatic N) is 1. The van der Waals surface area contributed by atoms with Gasteiger partial charge in [0, 0.05) is 31.5 Å². The van der Waals surface area contributed by atoms with Gasteiger partial charge in [-0.05, 0) is 32.6 Å². The van der Waals surface area contributed by atoms with E-state index in [0.29, 0.717) is 18.0 Å². The van der Waals surface area contributed by atoms with Crippen molar-refractivity contribution in [2.45, 2.75) is 31.7 Å². The van der Waals surface area contributed by atoms with Gasteiger partial charge >= 0.3 is 0 Å². The van der Waals surface area contributed by atoms with Crippen LogP contribution in [-0.4, -0.2) is 51.5 Å². The Morgan fingerprint density at radius 3 is 2.65 bits per heavy atom. The Balaban J connectivity index is 2.52. The minimum Gasteiger partial charge on any atom is -0.363 e. The van der Waals surface area contributed by atoms with Crippen LogP contribution >= 0.6 is 0 Å². The molecule has 0 radical (unpaired) electrons. The van der Waals surface area contributed by atoms with E-state index in [1.807, 2.05) is 7.05 Å². The van der Waals surface area contributed by atoms with Crippen LogP contribution in [0.5, 0.6) is 0 Å². The van der Waals surface area contributed by atoms with Crippen LogP contribution in [0, 0.1) is 0 Å². The van der Waals surface area contributed by atoms with Gasteiger partial charge in [-0.1, -0.05) is 13.8 Å². The molecule has 0 fully saturated rings. The van der Waals surface area contributed by atoms with E-state index in [1.54, 1.807) is 6.07 Å². The predicted octanol–water partition coefficient (Wildman–Crippen LogP) is 0.744. The van der Waals surface area contributed by atoms with Crippen molar-refractivity contribution in [1.82, 2.24) is 19.9 Å². The van der Waals surface area contributed by atoms with Crippen molar-refractivity contribution in [3.8, 4) is 0 Å². The molecule has 1 rings (SSSR count). The van der Waals surface area contributed by atoms with Gasteiger partial charge in [-0.2, -0.15) is 0 Å². The molecule has 0 amide bonds. The van der Waals surface area contributed by atoms with Gasteiger partial charge < -0.3 is 15.2 Å². The van der Waals surface area contributed by atoms with Crippen molar-refractivity contribution in [3.63, 3.8) is 0 Å². The quantitative estimate of drug-likeness (QED) is 0.596. The van der Waals surface area contributed by atoms with Crippen LogP contribution in [0.3, 0.4) is 0 Å². The SMILES string of the molecule is CCCN(CC)CCNS(=O)(=O)c1c[nH]c(CNC)c1. The summed E-state index contributed by atoms with van der Waals surface area (Å²) in [7, 11) is -1.59. The fourth-order valence-electron chi connectivity index (χ4n) is 2.03. The monoisotopic (exact) mass is 302 g/mol. The van der Waals surface area contributed by atoms with Gasteiger partial charge in [0.25, 0.3) is 0 Å². The van der Waals surface area contributed by atoms with E-state index in [1.165, 1.54) is 6.20 Å². The van der Waals surface area contributed by atoms with E-state index in [2.05, 4.69) is 33.8 Å². The molecule has 1 aromatic heterocycles. The summed E-state index contributed by atoms with van der Waals surface area (Å²) < 4.78 is 26.9. The highest BCUT2D eigenvalue weighted by molar-refractivity contribution is 7.89. The Labute approximate surface area is 122 Å². The lowest BCUT2D eigenvalue weighted by Gasteiger charge is -2.19. The first-order valence-electron chi connectivity index (χ1n) is 7.07. The maximum Gasteiger partial charge on any atom is 0.242 e. The molecule has 0 aromatic carbocycles. The van der Waals surface area contributed by atoms with Crippen LogP contribution in [0.25, 0.3) is 0 Å². The molecule has 20 heavy (non-hydrogen) atoms. The zero-order chi connectivity index (χ0) is 15.0. The number of hydrogen-bond donors (Lipinski definition) is 3. The van der Waals surface area contributed by atoms with Crippen molar-refractivity contribution in [2.24, 2.45) is 0 Å². The molecule has 0 spiro atoms. The molecular weight excluding hydrogens is 276 g/mol. The maximum atomic E-state index is 12.1. The molecular formula is C13H26N4O2S. The molecule has 6 nitrogen and oxygen atoms in total. The second-order valence-electron chi connectivity index (χ2n) is 4.72. The third kappa shape index (κ3) is 5.24. The average molecular weight is 302 g/mol. The number of aromatic nitrogens is 1. The van der Waals surface area contributed by atoms with Gasteiger partial charge in [-0.3, -0.25) is 0 Å². The second-order valence-corrected chi connectivity index (χ2v) is 6.49. The zero-order valence-electron chi connectivity index (χ0n) is 12.6. The van der Waals surface area contributed by atoms with E-state index in [0.717, 1.165) is 31.7 Å². The maximum absolute atomic E-state index is 12.1. The van der Waals surface area contributed by atoms with E-state index in [4.69, 9.17) is 0 Å². The number of hydrogen-bond acceptors (Lipinski definition) is 4. The van der Waals surface area contributed by atoms with Gasteiger partial charge in [0.15, 0.2) is 0 Å². The summed E-state index contributed by atoms with van der Waals surface area (Å²) in [5.41, 5.74) is 0.856. The molecule has 0 aliphatic heterocycles. The number of rotatable bonds is 10. The Bertz CT molecular complexity index is 484. The minimum absolute atomic E-state index is 0.293. The first-order valence-corrected chi connectivity index (χ1v) is 8.55. The average Bonchev–Trinajstić information content (AvgIpc) is 2.87. The summed E-state index contributed by atoms with van der Waals surface area (Å²) in [4.78, 5) is 5.47. The number of likely N-dealkylation sites (N-methyl/N-ethyl adjacent to an activating group) is 1. The minimum atomic E-state index is -3.41. The lowest BCUT2D eigenvalue weighted by atomic mass is 10.4. The molecule has 3 N–H and O–H groups in total. The van der Waals surface area contributed by atoms with E-state index >= 15 is 0 Å². The first kappa shape index (κ1) is 17.2. The summed E-state index contributed by atoms with van der Waals surface area (Å²) in [6, 6.07) is 1.66. The van der Waals surface area contributed by atoms with Crippen molar-refractivity contribution in [2.75, 3.05) is 33.2 Å².